The highest BCUT2D eigenvalue weighted by molar-refractivity contribution is 7.13. The lowest BCUT2D eigenvalue weighted by Crippen LogP contribution is -2.27. The lowest BCUT2D eigenvalue weighted by Gasteiger charge is -2.08. The molecular weight excluding hydrogens is 312 g/mol. The van der Waals surface area contributed by atoms with E-state index >= 15 is 0 Å². The Bertz CT molecular complexity index is 942. The minimum absolute atomic E-state index is 0.0553. The number of hydrogen-bond donors (Lipinski definition) is 1. The van der Waals surface area contributed by atoms with Gasteiger partial charge in [0.15, 0.2) is 5.13 Å². The number of anilines is 1. The van der Waals surface area contributed by atoms with Crippen LogP contribution in [0.1, 0.15) is 24.5 Å². The number of nitrogens with zero attached hydrogens (tertiary/aromatic N) is 3. The molecule has 0 radical (unpaired) electrons. The normalized spacial score (nSPS) is 14.1. The Hall–Kier alpha value is -2.54. The van der Waals surface area contributed by atoms with Gasteiger partial charge in [0.2, 0.25) is 5.91 Å². The molecule has 0 atom stereocenters. The van der Waals surface area contributed by atoms with E-state index in [4.69, 9.17) is 0 Å². The lowest BCUT2D eigenvalue weighted by molar-refractivity contribution is -0.116. The van der Waals surface area contributed by atoms with Crippen molar-refractivity contribution >= 4 is 33.4 Å². The van der Waals surface area contributed by atoms with Crippen LogP contribution in [0, 0.1) is 0 Å². The average Bonchev–Trinajstić information content (AvgIpc) is 3.30. The van der Waals surface area contributed by atoms with Gasteiger partial charge in [-0.2, -0.15) is 0 Å². The molecule has 4 rings (SSSR count). The maximum atomic E-state index is 12.2. The first-order valence-electron chi connectivity index (χ1n) is 7.40. The van der Waals surface area contributed by atoms with Crippen molar-refractivity contribution in [2.24, 2.45) is 0 Å². The van der Waals surface area contributed by atoms with E-state index in [-0.39, 0.29) is 18.0 Å². The molecule has 1 N–H and O–H groups in total. The number of para-hydroxylation sites is 2. The van der Waals surface area contributed by atoms with Crippen molar-refractivity contribution in [3.05, 3.63) is 51.9 Å². The van der Waals surface area contributed by atoms with Crippen molar-refractivity contribution in [1.29, 1.82) is 0 Å². The monoisotopic (exact) mass is 326 g/mol. The van der Waals surface area contributed by atoms with Crippen LogP contribution in [0.4, 0.5) is 5.13 Å². The summed E-state index contributed by atoms with van der Waals surface area (Å²) in [5.41, 5.74) is 2.09. The summed E-state index contributed by atoms with van der Waals surface area (Å²) < 4.78 is 1.42. The molecule has 6 nitrogen and oxygen atoms in total. The SMILES string of the molecule is O=C(Cn1c(=O)cnc2ccccc21)Nc1nc(C2CC2)cs1. The van der Waals surface area contributed by atoms with Gasteiger partial charge in [0.1, 0.15) is 6.54 Å². The molecule has 0 saturated heterocycles. The molecule has 2 aromatic heterocycles. The van der Waals surface area contributed by atoms with Crippen molar-refractivity contribution in [1.82, 2.24) is 14.5 Å². The van der Waals surface area contributed by atoms with E-state index in [1.54, 1.807) is 6.07 Å². The first-order chi connectivity index (χ1) is 11.2. The Labute approximate surface area is 135 Å². The number of carbonyl (C=O) groups excluding carboxylic acids is 1. The van der Waals surface area contributed by atoms with E-state index in [0.29, 0.717) is 22.1 Å². The molecule has 2 heterocycles. The van der Waals surface area contributed by atoms with Crippen molar-refractivity contribution in [3.63, 3.8) is 0 Å². The summed E-state index contributed by atoms with van der Waals surface area (Å²) in [4.78, 5) is 32.8. The smallest absolute Gasteiger partial charge is 0.269 e. The second-order valence-electron chi connectivity index (χ2n) is 5.57. The van der Waals surface area contributed by atoms with Gasteiger partial charge in [0.25, 0.3) is 5.56 Å². The highest BCUT2D eigenvalue weighted by atomic mass is 32.1. The number of thiazole rings is 1. The van der Waals surface area contributed by atoms with Crippen molar-refractivity contribution in [3.8, 4) is 0 Å². The summed E-state index contributed by atoms with van der Waals surface area (Å²) in [6.07, 6.45) is 3.59. The predicted molar refractivity (Wildman–Crippen MR) is 88.7 cm³/mol. The van der Waals surface area contributed by atoms with Crippen LogP contribution < -0.4 is 10.9 Å². The molecule has 3 aromatic rings. The zero-order chi connectivity index (χ0) is 15.8. The summed E-state index contributed by atoms with van der Waals surface area (Å²) in [7, 11) is 0. The third kappa shape index (κ3) is 2.87. The first-order valence-corrected chi connectivity index (χ1v) is 8.28. The molecule has 7 heteroatoms. The molecule has 116 valence electrons. The minimum Gasteiger partial charge on any atom is -0.300 e. The van der Waals surface area contributed by atoms with Gasteiger partial charge in [-0.1, -0.05) is 12.1 Å². The van der Waals surface area contributed by atoms with E-state index in [2.05, 4.69) is 15.3 Å². The van der Waals surface area contributed by atoms with Gasteiger partial charge < -0.3 is 5.32 Å². The molecule has 1 amide bonds. The van der Waals surface area contributed by atoms with Crippen LogP contribution in [0.3, 0.4) is 0 Å². The number of benzene rings is 1. The van der Waals surface area contributed by atoms with Gasteiger partial charge in [-0.3, -0.25) is 14.2 Å². The van der Waals surface area contributed by atoms with Crippen molar-refractivity contribution < 1.29 is 4.79 Å². The van der Waals surface area contributed by atoms with E-state index in [1.165, 1.54) is 34.9 Å². The molecule has 1 aromatic carbocycles. The van der Waals surface area contributed by atoms with Gasteiger partial charge in [-0.05, 0) is 25.0 Å². The van der Waals surface area contributed by atoms with Gasteiger partial charge in [0.05, 0.1) is 22.9 Å². The number of fused-ring (bicyclic) bond motifs is 1. The van der Waals surface area contributed by atoms with Crippen LogP contribution in [-0.2, 0) is 11.3 Å². The van der Waals surface area contributed by atoms with E-state index in [1.807, 2.05) is 23.6 Å². The molecule has 0 spiro atoms. The van der Waals surface area contributed by atoms with Gasteiger partial charge in [0, 0.05) is 11.3 Å². The van der Waals surface area contributed by atoms with Crippen molar-refractivity contribution in [2.75, 3.05) is 5.32 Å². The van der Waals surface area contributed by atoms with Crippen LogP contribution >= 0.6 is 11.3 Å². The molecule has 1 saturated carbocycles. The van der Waals surface area contributed by atoms with Gasteiger partial charge >= 0.3 is 0 Å². The molecule has 1 fully saturated rings. The quantitative estimate of drug-likeness (QED) is 0.798. The van der Waals surface area contributed by atoms with Gasteiger partial charge in [-0.15, -0.1) is 11.3 Å². The maximum Gasteiger partial charge on any atom is 0.269 e. The fraction of sp³-hybridized carbons (Fsp3) is 0.250. The average molecular weight is 326 g/mol. The topological polar surface area (TPSA) is 76.9 Å². The molecular formula is C16H14N4O2S. The van der Waals surface area contributed by atoms with E-state index < -0.39 is 0 Å². The lowest BCUT2D eigenvalue weighted by atomic mass is 10.3. The molecule has 1 aliphatic rings. The zero-order valence-electron chi connectivity index (χ0n) is 12.2. The Balaban J connectivity index is 1.56. The standard InChI is InChI=1S/C16H14N4O2S/c21-14(19-16-18-12(9-23-16)10-5-6-10)8-20-13-4-2-1-3-11(13)17-7-15(20)22/h1-4,7,9-10H,5-6,8H2,(H,18,19,21). The molecule has 23 heavy (non-hydrogen) atoms. The first kappa shape index (κ1) is 14.1. The van der Waals surface area contributed by atoms with Gasteiger partial charge in [-0.25, -0.2) is 9.97 Å². The Morgan fingerprint density at radius 1 is 1.35 bits per heavy atom. The molecule has 0 bridgehead atoms. The summed E-state index contributed by atoms with van der Waals surface area (Å²) >= 11 is 1.42. The summed E-state index contributed by atoms with van der Waals surface area (Å²) in [6.45, 7) is -0.0553. The Kier molecular flexibility index (Phi) is 3.42. The second kappa shape index (κ2) is 5.58. The number of rotatable bonds is 4. The fourth-order valence-electron chi connectivity index (χ4n) is 2.49. The maximum absolute atomic E-state index is 12.2. The number of carbonyl (C=O) groups is 1. The van der Waals surface area contributed by atoms with Crippen molar-refractivity contribution in [2.45, 2.75) is 25.3 Å². The zero-order valence-corrected chi connectivity index (χ0v) is 13.0. The summed E-state index contributed by atoms with van der Waals surface area (Å²) in [5.74, 6) is 0.295. The summed E-state index contributed by atoms with van der Waals surface area (Å²) in [5, 5.41) is 5.35. The number of aromatic nitrogens is 3. The minimum atomic E-state index is -0.295. The number of hydrogen-bond acceptors (Lipinski definition) is 5. The molecule has 1 aliphatic carbocycles. The second-order valence-corrected chi connectivity index (χ2v) is 6.43. The third-order valence-electron chi connectivity index (χ3n) is 3.82. The van der Waals surface area contributed by atoms with Crippen LogP contribution in [0.25, 0.3) is 11.0 Å². The van der Waals surface area contributed by atoms with Crippen LogP contribution in [0.15, 0.2) is 40.6 Å². The van der Waals surface area contributed by atoms with E-state index in [9.17, 15) is 9.59 Å². The predicted octanol–water partition coefficient (Wildman–Crippen LogP) is 2.37. The summed E-state index contributed by atoms with van der Waals surface area (Å²) in [6, 6.07) is 7.26. The molecule has 0 aliphatic heterocycles. The van der Waals surface area contributed by atoms with Crippen LogP contribution in [0.2, 0.25) is 0 Å². The number of amides is 1. The van der Waals surface area contributed by atoms with E-state index in [0.717, 1.165) is 5.69 Å². The highest BCUT2D eigenvalue weighted by Crippen LogP contribution is 2.40. The molecule has 0 unspecified atom stereocenters. The van der Waals surface area contributed by atoms with Crippen LogP contribution in [0.5, 0.6) is 0 Å². The third-order valence-corrected chi connectivity index (χ3v) is 4.59. The Morgan fingerprint density at radius 2 is 2.17 bits per heavy atom. The van der Waals surface area contributed by atoms with Crippen LogP contribution in [-0.4, -0.2) is 20.4 Å². The Morgan fingerprint density at radius 3 is 3.00 bits per heavy atom. The largest absolute Gasteiger partial charge is 0.300 e. The highest BCUT2D eigenvalue weighted by Gasteiger charge is 2.26. The fourth-order valence-corrected chi connectivity index (χ4v) is 3.30. The number of nitrogens with one attached hydrogen (secondary N) is 1.